The topological polar surface area (TPSA) is 64.7 Å². The number of hydrogen-bond donors (Lipinski definition) is 2. The summed E-state index contributed by atoms with van der Waals surface area (Å²) in [7, 11) is 3.28. The van der Waals surface area contributed by atoms with E-state index in [0.29, 0.717) is 6.54 Å². The molecule has 1 aromatic rings. The highest BCUT2D eigenvalue weighted by molar-refractivity contribution is 5.50. The van der Waals surface area contributed by atoms with Gasteiger partial charge < -0.3 is 20.3 Å². The molecule has 4 heteroatoms. The van der Waals surface area contributed by atoms with Crippen LogP contribution in [0.15, 0.2) is 18.2 Å². The van der Waals surface area contributed by atoms with Crippen molar-refractivity contribution in [2.45, 2.75) is 18.8 Å². The lowest BCUT2D eigenvalue weighted by Crippen LogP contribution is -2.28. The summed E-state index contributed by atoms with van der Waals surface area (Å²) in [5, 5.41) is 9.57. The molecule has 0 spiro atoms. The van der Waals surface area contributed by atoms with Gasteiger partial charge in [-0.2, -0.15) is 0 Å². The first-order valence-corrected chi connectivity index (χ1v) is 6.10. The molecular formula is C14H21NO3. The first-order chi connectivity index (χ1) is 8.56. The highest BCUT2D eigenvalue weighted by Gasteiger charge is 2.64. The molecule has 2 atom stereocenters. The van der Waals surface area contributed by atoms with Gasteiger partial charge in [0.25, 0.3) is 0 Å². The van der Waals surface area contributed by atoms with Crippen molar-refractivity contribution >= 4 is 0 Å². The van der Waals surface area contributed by atoms with Gasteiger partial charge >= 0.3 is 0 Å². The third-order valence-corrected chi connectivity index (χ3v) is 4.43. The van der Waals surface area contributed by atoms with Gasteiger partial charge in [0.05, 0.1) is 20.8 Å². The molecule has 1 fully saturated rings. The number of aliphatic hydroxyl groups is 1. The maximum absolute atomic E-state index is 9.57. The molecule has 0 heterocycles. The molecule has 0 bridgehead atoms. The van der Waals surface area contributed by atoms with E-state index in [1.165, 1.54) is 0 Å². The molecule has 100 valence electrons. The van der Waals surface area contributed by atoms with Gasteiger partial charge in [-0.25, -0.2) is 0 Å². The predicted octanol–water partition coefficient (Wildman–Crippen LogP) is 1.30. The molecule has 3 N–H and O–H groups in total. The van der Waals surface area contributed by atoms with Crippen LogP contribution in [0.2, 0.25) is 0 Å². The van der Waals surface area contributed by atoms with E-state index in [4.69, 9.17) is 15.2 Å². The Balaban J connectivity index is 2.41. The van der Waals surface area contributed by atoms with E-state index in [0.717, 1.165) is 23.5 Å². The van der Waals surface area contributed by atoms with Crippen molar-refractivity contribution in [3.05, 3.63) is 23.8 Å². The van der Waals surface area contributed by atoms with Gasteiger partial charge in [0.1, 0.15) is 11.5 Å². The summed E-state index contributed by atoms with van der Waals surface area (Å²) in [5.41, 5.74) is 6.57. The van der Waals surface area contributed by atoms with Crippen LogP contribution in [-0.2, 0) is 5.41 Å². The smallest absolute Gasteiger partial charge is 0.126 e. The molecule has 0 aliphatic heterocycles. The fourth-order valence-electron chi connectivity index (χ4n) is 2.86. The molecule has 1 aliphatic rings. The van der Waals surface area contributed by atoms with E-state index >= 15 is 0 Å². The molecule has 1 aromatic carbocycles. The van der Waals surface area contributed by atoms with E-state index in [1.54, 1.807) is 14.2 Å². The zero-order valence-electron chi connectivity index (χ0n) is 11.2. The zero-order valence-corrected chi connectivity index (χ0v) is 11.2. The zero-order chi connectivity index (χ0) is 13.4. The maximum atomic E-state index is 9.57. The molecule has 2 unspecified atom stereocenters. The van der Waals surface area contributed by atoms with E-state index in [-0.39, 0.29) is 17.4 Å². The van der Waals surface area contributed by atoms with Gasteiger partial charge in [0, 0.05) is 29.0 Å². The van der Waals surface area contributed by atoms with Crippen LogP contribution < -0.4 is 15.2 Å². The summed E-state index contributed by atoms with van der Waals surface area (Å²) in [6, 6.07) is 5.79. The average Bonchev–Trinajstić information content (AvgIpc) is 3.05. The molecule has 2 rings (SSSR count). The number of benzene rings is 1. The Hall–Kier alpha value is -1.26. The van der Waals surface area contributed by atoms with Crippen LogP contribution in [0.3, 0.4) is 0 Å². The molecule has 0 aromatic heterocycles. The minimum atomic E-state index is -0.213. The summed E-state index contributed by atoms with van der Waals surface area (Å²) in [4.78, 5) is 0. The second-order valence-electron chi connectivity index (χ2n) is 5.22. The second kappa shape index (κ2) is 4.44. The fourth-order valence-corrected chi connectivity index (χ4v) is 2.86. The quantitative estimate of drug-likeness (QED) is 0.828. The van der Waals surface area contributed by atoms with Crippen LogP contribution in [0.1, 0.15) is 18.9 Å². The Bertz CT molecular complexity index is 443. The van der Waals surface area contributed by atoms with Gasteiger partial charge in [0.15, 0.2) is 0 Å². The Morgan fingerprint density at radius 3 is 2.50 bits per heavy atom. The molecular weight excluding hydrogens is 230 g/mol. The van der Waals surface area contributed by atoms with E-state index in [2.05, 4.69) is 6.92 Å². The number of rotatable bonds is 5. The average molecular weight is 251 g/mol. The van der Waals surface area contributed by atoms with Crippen molar-refractivity contribution in [2.24, 2.45) is 11.1 Å². The molecule has 1 saturated carbocycles. The van der Waals surface area contributed by atoms with Crippen LogP contribution in [-0.4, -0.2) is 32.5 Å². The Morgan fingerprint density at radius 1 is 1.33 bits per heavy atom. The molecule has 0 radical (unpaired) electrons. The van der Waals surface area contributed by atoms with Crippen molar-refractivity contribution in [3.8, 4) is 11.5 Å². The summed E-state index contributed by atoms with van der Waals surface area (Å²) >= 11 is 0. The minimum Gasteiger partial charge on any atom is -0.497 e. The lowest BCUT2D eigenvalue weighted by atomic mass is 9.87. The normalized spacial score (nSPS) is 30.1. The number of ether oxygens (including phenoxy) is 2. The van der Waals surface area contributed by atoms with Gasteiger partial charge in [0.2, 0.25) is 0 Å². The first kappa shape index (κ1) is 13.2. The number of nitrogens with two attached hydrogens (primary N) is 1. The number of methoxy groups -OCH3 is 2. The maximum Gasteiger partial charge on any atom is 0.126 e. The molecule has 18 heavy (non-hydrogen) atoms. The fraction of sp³-hybridized carbons (Fsp3) is 0.571. The predicted molar refractivity (Wildman–Crippen MR) is 70.1 cm³/mol. The van der Waals surface area contributed by atoms with Crippen molar-refractivity contribution in [1.29, 1.82) is 0 Å². The summed E-state index contributed by atoms with van der Waals surface area (Å²) < 4.78 is 10.6. The Labute approximate surface area is 108 Å². The monoisotopic (exact) mass is 251 g/mol. The standard InChI is InChI=1S/C14H21NO3/c1-13(7-14(13,8-15)9-16)11-5-4-10(17-2)6-12(11)18-3/h4-6,16H,7-9,15H2,1-3H3. The highest BCUT2D eigenvalue weighted by atomic mass is 16.5. The minimum absolute atomic E-state index is 0.106. The van der Waals surface area contributed by atoms with Crippen LogP contribution in [0.5, 0.6) is 11.5 Å². The van der Waals surface area contributed by atoms with Gasteiger partial charge in [-0.1, -0.05) is 13.0 Å². The highest BCUT2D eigenvalue weighted by Crippen LogP contribution is 2.65. The first-order valence-electron chi connectivity index (χ1n) is 6.10. The van der Waals surface area contributed by atoms with E-state index in [9.17, 15) is 5.11 Å². The molecule has 1 aliphatic carbocycles. The van der Waals surface area contributed by atoms with Crippen molar-refractivity contribution < 1.29 is 14.6 Å². The van der Waals surface area contributed by atoms with Crippen LogP contribution in [0.25, 0.3) is 0 Å². The lowest BCUT2D eigenvalue weighted by Gasteiger charge is -2.22. The SMILES string of the molecule is COc1ccc(C2(C)CC2(CN)CO)c(OC)c1. The number of hydrogen-bond acceptors (Lipinski definition) is 4. The van der Waals surface area contributed by atoms with Gasteiger partial charge in [-0.3, -0.25) is 0 Å². The van der Waals surface area contributed by atoms with E-state index in [1.807, 2.05) is 18.2 Å². The lowest BCUT2D eigenvalue weighted by molar-refractivity contribution is 0.197. The van der Waals surface area contributed by atoms with Crippen molar-refractivity contribution in [2.75, 3.05) is 27.4 Å². The third kappa shape index (κ3) is 1.68. The van der Waals surface area contributed by atoms with Crippen LogP contribution in [0.4, 0.5) is 0 Å². The van der Waals surface area contributed by atoms with E-state index < -0.39 is 0 Å². The van der Waals surface area contributed by atoms with Crippen LogP contribution >= 0.6 is 0 Å². The number of aliphatic hydroxyl groups excluding tert-OH is 1. The van der Waals surface area contributed by atoms with Crippen molar-refractivity contribution in [1.82, 2.24) is 0 Å². The molecule has 4 nitrogen and oxygen atoms in total. The largest absolute Gasteiger partial charge is 0.497 e. The van der Waals surface area contributed by atoms with Crippen molar-refractivity contribution in [3.63, 3.8) is 0 Å². The van der Waals surface area contributed by atoms with Gasteiger partial charge in [-0.15, -0.1) is 0 Å². The molecule has 0 saturated heterocycles. The molecule has 0 amide bonds. The van der Waals surface area contributed by atoms with Gasteiger partial charge in [-0.05, 0) is 12.5 Å². The Morgan fingerprint density at radius 2 is 2.06 bits per heavy atom. The summed E-state index contributed by atoms with van der Waals surface area (Å²) in [5.74, 6) is 1.56. The van der Waals surface area contributed by atoms with Crippen LogP contribution in [0, 0.1) is 5.41 Å². The second-order valence-corrected chi connectivity index (χ2v) is 5.22. The summed E-state index contributed by atoms with van der Waals surface area (Å²) in [6.07, 6.45) is 0.885. The Kier molecular flexibility index (Phi) is 3.25. The third-order valence-electron chi connectivity index (χ3n) is 4.43. The summed E-state index contributed by atoms with van der Waals surface area (Å²) in [6.45, 7) is 2.71.